The van der Waals surface area contributed by atoms with Crippen molar-refractivity contribution < 1.29 is 29.0 Å². The highest BCUT2D eigenvalue weighted by atomic mass is 16.6. The number of nitrogens with one attached hydrogen (secondary N) is 1. The molecule has 0 radical (unpaired) electrons. The Morgan fingerprint density at radius 1 is 1.26 bits per heavy atom. The van der Waals surface area contributed by atoms with E-state index in [1.165, 1.54) is 4.90 Å². The van der Waals surface area contributed by atoms with Crippen molar-refractivity contribution in [3.63, 3.8) is 0 Å². The van der Waals surface area contributed by atoms with E-state index in [0.717, 1.165) is 24.8 Å². The highest BCUT2D eigenvalue weighted by Gasteiger charge is 2.75. The molecule has 3 aliphatic rings. The average molecular weight is 473 g/mol. The molecule has 2 bridgehead atoms. The molecule has 34 heavy (non-hydrogen) atoms. The van der Waals surface area contributed by atoms with Crippen LogP contribution in [0.5, 0.6) is 0 Å². The van der Waals surface area contributed by atoms with Crippen molar-refractivity contribution in [2.75, 3.05) is 19.8 Å². The molecule has 3 aliphatic heterocycles. The summed E-state index contributed by atoms with van der Waals surface area (Å²) in [4.78, 5) is 41.9. The molecule has 2 amide bonds. The van der Waals surface area contributed by atoms with Crippen molar-refractivity contribution in [1.82, 2.24) is 10.2 Å². The van der Waals surface area contributed by atoms with E-state index < -0.39 is 41.6 Å². The normalized spacial score (nSPS) is 30.3. The van der Waals surface area contributed by atoms with Crippen LogP contribution in [0.1, 0.15) is 51.5 Å². The van der Waals surface area contributed by atoms with Gasteiger partial charge in [-0.1, -0.05) is 50.1 Å². The molecular weight excluding hydrogens is 436 g/mol. The first-order valence-corrected chi connectivity index (χ1v) is 12.6. The maximum atomic E-state index is 13.9. The molecule has 0 saturated carbocycles. The van der Waals surface area contributed by atoms with Gasteiger partial charge in [-0.3, -0.25) is 14.4 Å². The number of carbonyl (C=O) groups is 3. The summed E-state index contributed by atoms with van der Waals surface area (Å²) in [5.74, 6) is -2.52. The lowest BCUT2D eigenvalue weighted by atomic mass is 9.71. The summed E-state index contributed by atoms with van der Waals surface area (Å²) in [6.07, 6.45) is 3.98. The number of benzene rings is 1. The first-order valence-electron chi connectivity index (χ1n) is 12.6. The minimum absolute atomic E-state index is 0.217. The monoisotopic (exact) mass is 472 g/mol. The van der Waals surface area contributed by atoms with Gasteiger partial charge in [-0.2, -0.15) is 0 Å². The van der Waals surface area contributed by atoms with Gasteiger partial charge in [0.05, 0.1) is 37.2 Å². The fourth-order valence-electron chi connectivity index (χ4n) is 6.11. The smallest absolute Gasteiger partial charge is 0.312 e. The Balaban J connectivity index is 1.67. The van der Waals surface area contributed by atoms with Crippen LogP contribution in [-0.4, -0.2) is 71.3 Å². The molecule has 2 N–H and O–H groups in total. The first-order chi connectivity index (χ1) is 16.5. The van der Waals surface area contributed by atoms with Crippen LogP contribution in [0.15, 0.2) is 30.3 Å². The zero-order valence-electron chi connectivity index (χ0n) is 20.1. The Labute approximate surface area is 201 Å². The zero-order valence-corrected chi connectivity index (χ0v) is 20.1. The van der Waals surface area contributed by atoms with Crippen molar-refractivity contribution in [1.29, 1.82) is 0 Å². The lowest BCUT2D eigenvalue weighted by Gasteiger charge is -2.36. The SMILES string of the molecule is CCCCCNC(=O)[C@H]1N([C@@H](CO)Cc2ccccc2)C(=O)[C@@H]2[C@@H](C(=O)OCC)[C@H]3CC[C@]21O3. The molecule has 1 spiro atoms. The summed E-state index contributed by atoms with van der Waals surface area (Å²) in [5.41, 5.74) is -0.115. The van der Waals surface area contributed by atoms with Gasteiger partial charge in [-0.25, -0.2) is 0 Å². The predicted octanol–water partition coefficient (Wildman–Crippen LogP) is 1.83. The predicted molar refractivity (Wildman–Crippen MR) is 125 cm³/mol. The second-order valence-electron chi connectivity index (χ2n) is 9.58. The number of amides is 2. The van der Waals surface area contributed by atoms with Gasteiger partial charge in [0.2, 0.25) is 11.8 Å². The third kappa shape index (κ3) is 4.22. The molecule has 0 aromatic heterocycles. The summed E-state index contributed by atoms with van der Waals surface area (Å²) < 4.78 is 11.7. The van der Waals surface area contributed by atoms with E-state index in [0.29, 0.717) is 25.8 Å². The number of aliphatic hydroxyl groups excluding tert-OH is 1. The van der Waals surface area contributed by atoms with Gasteiger partial charge in [0.15, 0.2) is 0 Å². The molecule has 8 nitrogen and oxygen atoms in total. The van der Waals surface area contributed by atoms with Gasteiger partial charge in [-0.05, 0) is 38.2 Å². The number of ether oxygens (including phenoxy) is 2. The Bertz CT molecular complexity index is 893. The molecule has 3 saturated heterocycles. The van der Waals surface area contributed by atoms with Crippen LogP contribution < -0.4 is 5.32 Å². The van der Waals surface area contributed by atoms with Crippen molar-refractivity contribution in [3.05, 3.63) is 35.9 Å². The standard InChI is InChI=1S/C26H36N2O6/c1-3-5-9-14-27-23(30)22-26-13-12-19(34-26)20(25(32)33-4-2)21(26)24(31)28(22)18(16-29)15-17-10-7-6-8-11-17/h6-8,10-11,18-22,29H,3-5,9,12-16H2,1-2H3,(H,27,30)/t18-,19-,20+,21+,22-,26+/m1/s1. The van der Waals surface area contributed by atoms with Gasteiger partial charge in [-0.15, -0.1) is 0 Å². The Kier molecular flexibility index (Phi) is 7.57. The van der Waals surface area contributed by atoms with Crippen LogP contribution in [0.25, 0.3) is 0 Å². The summed E-state index contributed by atoms with van der Waals surface area (Å²) in [7, 11) is 0. The largest absolute Gasteiger partial charge is 0.466 e. The number of aliphatic hydroxyl groups is 1. The Morgan fingerprint density at radius 3 is 2.71 bits per heavy atom. The van der Waals surface area contributed by atoms with E-state index in [2.05, 4.69) is 12.2 Å². The van der Waals surface area contributed by atoms with Crippen molar-refractivity contribution >= 4 is 17.8 Å². The molecule has 4 rings (SSSR count). The molecule has 8 heteroatoms. The number of rotatable bonds is 11. The average Bonchev–Trinajstić information content (AvgIpc) is 3.48. The zero-order chi connectivity index (χ0) is 24.3. The quantitative estimate of drug-likeness (QED) is 0.376. The van der Waals surface area contributed by atoms with Gasteiger partial charge in [0.1, 0.15) is 11.6 Å². The topological polar surface area (TPSA) is 105 Å². The molecule has 186 valence electrons. The molecule has 1 aromatic carbocycles. The minimum Gasteiger partial charge on any atom is -0.466 e. The fourth-order valence-corrected chi connectivity index (χ4v) is 6.11. The van der Waals surface area contributed by atoms with Gasteiger partial charge in [0.25, 0.3) is 0 Å². The van der Waals surface area contributed by atoms with Crippen LogP contribution >= 0.6 is 0 Å². The second-order valence-corrected chi connectivity index (χ2v) is 9.58. The van der Waals surface area contributed by atoms with Crippen LogP contribution in [0, 0.1) is 11.8 Å². The second kappa shape index (κ2) is 10.4. The number of hydrogen-bond donors (Lipinski definition) is 2. The maximum Gasteiger partial charge on any atom is 0.312 e. The van der Waals surface area contributed by atoms with E-state index in [1.54, 1.807) is 6.92 Å². The highest BCUT2D eigenvalue weighted by molar-refractivity contribution is 5.98. The number of esters is 1. The lowest BCUT2D eigenvalue weighted by molar-refractivity contribution is -0.155. The third-order valence-corrected chi connectivity index (χ3v) is 7.54. The van der Waals surface area contributed by atoms with E-state index in [9.17, 15) is 19.5 Å². The fraction of sp³-hybridized carbons (Fsp3) is 0.654. The van der Waals surface area contributed by atoms with E-state index in [1.807, 2.05) is 30.3 Å². The number of fused-ring (bicyclic) bond motifs is 1. The van der Waals surface area contributed by atoms with Crippen LogP contribution in [0.4, 0.5) is 0 Å². The van der Waals surface area contributed by atoms with Crippen molar-refractivity contribution in [3.8, 4) is 0 Å². The molecular formula is C26H36N2O6. The highest BCUT2D eigenvalue weighted by Crippen LogP contribution is 2.59. The van der Waals surface area contributed by atoms with Gasteiger partial charge in [0, 0.05) is 6.54 Å². The molecule has 0 unspecified atom stereocenters. The van der Waals surface area contributed by atoms with E-state index in [-0.39, 0.29) is 25.0 Å². The number of carbonyl (C=O) groups excluding carboxylic acids is 3. The number of nitrogens with zero attached hydrogens (tertiary/aromatic N) is 1. The molecule has 3 fully saturated rings. The lowest BCUT2D eigenvalue weighted by Crippen LogP contribution is -2.58. The summed E-state index contributed by atoms with van der Waals surface area (Å²) in [5, 5.41) is 13.3. The number of hydrogen-bond acceptors (Lipinski definition) is 6. The van der Waals surface area contributed by atoms with Crippen LogP contribution in [0.2, 0.25) is 0 Å². The van der Waals surface area contributed by atoms with Gasteiger partial charge >= 0.3 is 5.97 Å². The summed E-state index contributed by atoms with van der Waals surface area (Å²) >= 11 is 0. The summed E-state index contributed by atoms with van der Waals surface area (Å²) in [6.45, 7) is 4.27. The first kappa shape index (κ1) is 24.7. The number of likely N-dealkylation sites (tertiary alicyclic amines) is 1. The molecule has 6 atom stereocenters. The van der Waals surface area contributed by atoms with Crippen LogP contribution in [0.3, 0.4) is 0 Å². The molecule has 1 aromatic rings. The molecule has 0 aliphatic carbocycles. The van der Waals surface area contributed by atoms with E-state index in [4.69, 9.17) is 9.47 Å². The number of unbranched alkanes of at least 4 members (excludes halogenated alkanes) is 2. The molecule has 3 heterocycles. The van der Waals surface area contributed by atoms with Crippen LogP contribution in [-0.2, 0) is 30.3 Å². The third-order valence-electron chi connectivity index (χ3n) is 7.54. The van der Waals surface area contributed by atoms with Crippen molar-refractivity contribution in [2.24, 2.45) is 11.8 Å². The van der Waals surface area contributed by atoms with E-state index >= 15 is 0 Å². The minimum atomic E-state index is -1.07. The summed E-state index contributed by atoms with van der Waals surface area (Å²) in [6, 6.07) is 8.09. The Morgan fingerprint density at radius 2 is 2.03 bits per heavy atom. The maximum absolute atomic E-state index is 13.9. The van der Waals surface area contributed by atoms with Gasteiger partial charge < -0.3 is 24.8 Å². The van der Waals surface area contributed by atoms with Crippen molar-refractivity contribution in [2.45, 2.75) is 76.2 Å². The Hall–Kier alpha value is -2.45.